The van der Waals surface area contributed by atoms with Gasteiger partial charge in [-0.2, -0.15) is 0 Å². The minimum absolute atomic E-state index is 0.171. The number of nitrogens with zero attached hydrogens (tertiary/aromatic N) is 3. The molecule has 1 saturated heterocycles. The maximum atomic E-state index is 6.03. The first kappa shape index (κ1) is 13.7. The van der Waals surface area contributed by atoms with Crippen molar-refractivity contribution >= 4 is 5.95 Å². The van der Waals surface area contributed by atoms with E-state index in [1.54, 1.807) is 18.8 Å². The summed E-state index contributed by atoms with van der Waals surface area (Å²) in [6.07, 6.45) is 0.898. The van der Waals surface area contributed by atoms with Crippen molar-refractivity contribution < 1.29 is 14.2 Å². The monoisotopic (exact) mass is 290 g/mol. The number of para-hydroxylation sites is 1. The molecule has 0 bridgehead atoms. The zero-order valence-corrected chi connectivity index (χ0v) is 12.1. The van der Waals surface area contributed by atoms with Gasteiger partial charge in [-0.1, -0.05) is 6.07 Å². The molecule has 0 unspecified atom stereocenters. The minimum atomic E-state index is 0.171. The molecule has 2 heterocycles. The van der Waals surface area contributed by atoms with Gasteiger partial charge in [0.2, 0.25) is 5.95 Å². The van der Waals surface area contributed by atoms with Crippen LogP contribution in [0.3, 0.4) is 0 Å². The molecule has 1 fully saturated rings. The van der Waals surface area contributed by atoms with Crippen LogP contribution in [0.2, 0.25) is 0 Å². The lowest BCUT2D eigenvalue weighted by molar-refractivity contribution is 0.193. The van der Waals surface area contributed by atoms with Crippen molar-refractivity contribution in [3.63, 3.8) is 0 Å². The van der Waals surface area contributed by atoms with Crippen LogP contribution in [0, 0.1) is 0 Å². The maximum absolute atomic E-state index is 6.03. The van der Waals surface area contributed by atoms with Crippen molar-refractivity contribution in [2.45, 2.75) is 12.3 Å². The Kier molecular flexibility index (Phi) is 3.66. The lowest BCUT2D eigenvalue weighted by Crippen LogP contribution is -2.12. The van der Waals surface area contributed by atoms with E-state index in [1.807, 2.05) is 18.2 Å². The van der Waals surface area contributed by atoms with Crippen molar-refractivity contribution in [2.24, 2.45) is 0 Å². The topological polar surface area (TPSA) is 84.4 Å². The van der Waals surface area contributed by atoms with E-state index in [4.69, 9.17) is 19.9 Å². The van der Waals surface area contributed by atoms with E-state index >= 15 is 0 Å². The molecule has 0 spiro atoms. The first-order valence-corrected chi connectivity index (χ1v) is 6.76. The molecule has 2 aromatic rings. The van der Waals surface area contributed by atoms with Crippen LogP contribution in [-0.2, 0) is 4.74 Å². The summed E-state index contributed by atoms with van der Waals surface area (Å²) in [4.78, 5) is 0. The second-order valence-electron chi connectivity index (χ2n) is 4.82. The van der Waals surface area contributed by atoms with E-state index in [0.717, 1.165) is 18.9 Å². The summed E-state index contributed by atoms with van der Waals surface area (Å²) < 4.78 is 18.1. The number of hydrogen-bond acceptors (Lipinski definition) is 6. The normalized spacial score (nSPS) is 17.9. The first-order valence-electron chi connectivity index (χ1n) is 6.76. The Hall–Kier alpha value is -2.28. The Bertz CT molecular complexity index is 613. The lowest BCUT2D eigenvalue weighted by atomic mass is 10.1. The van der Waals surface area contributed by atoms with Gasteiger partial charge in [0, 0.05) is 12.5 Å². The van der Waals surface area contributed by atoms with Crippen LogP contribution in [-0.4, -0.2) is 42.2 Å². The van der Waals surface area contributed by atoms with E-state index in [9.17, 15) is 0 Å². The van der Waals surface area contributed by atoms with Crippen molar-refractivity contribution in [2.75, 3.05) is 33.2 Å². The highest BCUT2D eigenvalue weighted by atomic mass is 16.5. The summed E-state index contributed by atoms with van der Waals surface area (Å²) in [5.41, 5.74) is 6.74. The molecule has 2 N–H and O–H groups in total. The fourth-order valence-corrected chi connectivity index (χ4v) is 2.59. The van der Waals surface area contributed by atoms with Crippen molar-refractivity contribution in [3.05, 3.63) is 24.0 Å². The predicted octanol–water partition coefficient (Wildman–Crippen LogP) is 1.37. The van der Waals surface area contributed by atoms with Gasteiger partial charge in [-0.05, 0) is 18.6 Å². The fraction of sp³-hybridized carbons (Fsp3) is 0.429. The number of hydrogen-bond donors (Lipinski definition) is 1. The Morgan fingerprint density at radius 3 is 2.52 bits per heavy atom. The number of methoxy groups -OCH3 is 2. The Morgan fingerprint density at radius 1 is 1.24 bits per heavy atom. The van der Waals surface area contributed by atoms with Crippen LogP contribution >= 0.6 is 0 Å². The van der Waals surface area contributed by atoms with E-state index in [1.165, 1.54) is 0 Å². The number of aromatic nitrogens is 3. The molecule has 1 aromatic carbocycles. The maximum Gasteiger partial charge on any atom is 0.226 e. The molecule has 1 aliphatic rings. The lowest BCUT2D eigenvalue weighted by Gasteiger charge is -2.17. The van der Waals surface area contributed by atoms with E-state index in [-0.39, 0.29) is 5.92 Å². The van der Waals surface area contributed by atoms with Gasteiger partial charge in [-0.3, -0.25) is 4.57 Å². The van der Waals surface area contributed by atoms with E-state index < -0.39 is 0 Å². The summed E-state index contributed by atoms with van der Waals surface area (Å²) in [5, 5.41) is 8.23. The molecule has 21 heavy (non-hydrogen) atoms. The highest BCUT2D eigenvalue weighted by molar-refractivity contribution is 5.60. The quantitative estimate of drug-likeness (QED) is 0.915. The molecular weight excluding hydrogens is 272 g/mol. The Morgan fingerprint density at radius 2 is 1.95 bits per heavy atom. The largest absolute Gasteiger partial charge is 0.494 e. The third-order valence-electron chi connectivity index (χ3n) is 3.63. The van der Waals surface area contributed by atoms with Gasteiger partial charge in [0.25, 0.3) is 0 Å². The minimum Gasteiger partial charge on any atom is -0.494 e. The average molecular weight is 290 g/mol. The zero-order valence-electron chi connectivity index (χ0n) is 12.1. The summed E-state index contributed by atoms with van der Waals surface area (Å²) in [7, 11) is 3.22. The van der Waals surface area contributed by atoms with E-state index in [2.05, 4.69) is 10.2 Å². The van der Waals surface area contributed by atoms with Crippen LogP contribution in [0.15, 0.2) is 18.2 Å². The standard InChI is InChI=1S/C14H18N4O3/c1-19-10-4-3-5-11(20-2)12(10)18-13(16-17-14(18)15)9-6-7-21-8-9/h3-5,9H,6-8H2,1-2H3,(H2,15,17)/t9-/m1/s1. The van der Waals surface area contributed by atoms with Gasteiger partial charge in [0.05, 0.1) is 20.8 Å². The van der Waals surface area contributed by atoms with E-state index in [0.29, 0.717) is 29.7 Å². The predicted molar refractivity (Wildman–Crippen MR) is 77.1 cm³/mol. The number of benzene rings is 1. The molecule has 1 atom stereocenters. The number of nitrogens with two attached hydrogens (primary N) is 1. The van der Waals surface area contributed by atoms with Gasteiger partial charge in [-0.25, -0.2) is 0 Å². The molecule has 112 valence electrons. The molecule has 0 aliphatic carbocycles. The summed E-state index contributed by atoms with van der Waals surface area (Å²) in [5.74, 6) is 2.55. The van der Waals surface area contributed by atoms with Gasteiger partial charge >= 0.3 is 0 Å². The number of anilines is 1. The third-order valence-corrected chi connectivity index (χ3v) is 3.63. The second kappa shape index (κ2) is 5.61. The van der Waals surface area contributed by atoms with Gasteiger partial charge < -0.3 is 19.9 Å². The summed E-state index contributed by atoms with van der Waals surface area (Å²) in [6, 6.07) is 5.57. The number of nitrogen functional groups attached to an aromatic ring is 1. The smallest absolute Gasteiger partial charge is 0.226 e. The Labute approximate surface area is 122 Å². The molecule has 0 radical (unpaired) electrons. The highest BCUT2D eigenvalue weighted by Crippen LogP contribution is 2.37. The molecule has 0 saturated carbocycles. The van der Waals surface area contributed by atoms with Crippen LogP contribution in [0.25, 0.3) is 5.69 Å². The number of rotatable bonds is 4. The SMILES string of the molecule is COc1cccc(OC)c1-n1c(N)nnc1[C@@H]1CCOC1. The number of ether oxygens (including phenoxy) is 3. The molecular formula is C14H18N4O3. The van der Waals surface area contributed by atoms with Gasteiger partial charge in [-0.15, -0.1) is 10.2 Å². The van der Waals surface area contributed by atoms with Gasteiger partial charge in [0.1, 0.15) is 23.0 Å². The third kappa shape index (κ3) is 2.29. The van der Waals surface area contributed by atoms with Crippen molar-refractivity contribution in [1.29, 1.82) is 0 Å². The zero-order chi connectivity index (χ0) is 14.8. The summed E-state index contributed by atoms with van der Waals surface area (Å²) in [6.45, 7) is 1.34. The molecule has 1 aliphatic heterocycles. The second-order valence-corrected chi connectivity index (χ2v) is 4.82. The van der Waals surface area contributed by atoms with Crippen LogP contribution in [0.5, 0.6) is 11.5 Å². The van der Waals surface area contributed by atoms with Crippen LogP contribution in [0.4, 0.5) is 5.95 Å². The van der Waals surface area contributed by atoms with Crippen LogP contribution < -0.4 is 15.2 Å². The summed E-state index contributed by atoms with van der Waals surface area (Å²) >= 11 is 0. The van der Waals surface area contributed by atoms with Crippen LogP contribution in [0.1, 0.15) is 18.2 Å². The first-order chi connectivity index (χ1) is 10.3. The van der Waals surface area contributed by atoms with Gasteiger partial charge in [0.15, 0.2) is 0 Å². The molecule has 3 rings (SSSR count). The highest BCUT2D eigenvalue weighted by Gasteiger charge is 2.27. The molecule has 7 heteroatoms. The Balaban J connectivity index is 2.18. The molecule has 7 nitrogen and oxygen atoms in total. The average Bonchev–Trinajstić information content (AvgIpc) is 3.15. The molecule has 1 aromatic heterocycles. The van der Waals surface area contributed by atoms with Crippen molar-refractivity contribution in [3.8, 4) is 17.2 Å². The van der Waals surface area contributed by atoms with Crippen molar-refractivity contribution in [1.82, 2.24) is 14.8 Å². The molecule has 0 amide bonds. The fourth-order valence-electron chi connectivity index (χ4n) is 2.59.